The number of carbonyl (C=O) groups excluding carboxylic acids is 1. The second-order valence-corrected chi connectivity index (χ2v) is 6.91. The van der Waals surface area contributed by atoms with E-state index in [9.17, 15) is 4.79 Å². The van der Waals surface area contributed by atoms with Gasteiger partial charge in [-0.15, -0.1) is 0 Å². The lowest BCUT2D eigenvalue weighted by Gasteiger charge is -2.23. The lowest BCUT2D eigenvalue weighted by molar-refractivity contribution is 0.0922. The quantitative estimate of drug-likeness (QED) is 0.854. The number of nitrogens with one attached hydrogen (secondary N) is 2. The normalized spacial score (nSPS) is 16.2. The molecule has 0 unspecified atom stereocenters. The summed E-state index contributed by atoms with van der Waals surface area (Å²) in [7, 11) is 3.89. The minimum Gasteiger partial charge on any atom is -0.341 e. The molecule has 0 spiro atoms. The Balaban J connectivity index is 1.82. The first kappa shape index (κ1) is 16.6. The summed E-state index contributed by atoms with van der Waals surface area (Å²) in [6, 6.07) is -0.182. The van der Waals surface area contributed by atoms with Crippen molar-refractivity contribution in [2.75, 3.05) is 13.6 Å². The Morgan fingerprint density at radius 3 is 2.88 bits per heavy atom. The van der Waals surface area contributed by atoms with Gasteiger partial charge in [-0.3, -0.25) is 14.6 Å². The maximum absolute atomic E-state index is 12.8. The largest absolute Gasteiger partial charge is 0.341 e. The molecule has 0 aliphatic carbocycles. The summed E-state index contributed by atoms with van der Waals surface area (Å²) in [6.45, 7) is 5.97. The van der Waals surface area contributed by atoms with E-state index in [1.54, 1.807) is 4.68 Å². The zero-order valence-corrected chi connectivity index (χ0v) is 14.7. The fourth-order valence-corrected chi connectivity index (χ4v) is 3.17. The van der Waals surface area contributed by atoms with Crippen molar-refractivity contribution < 1.29 is 4.79 Å². The van der Waals surface area contributed by atoms with Crippen molar-refractivity contribution in [2.45, 2.75) is 39.3 Å². The summed E-state index contributed by atoms with van der Waals surface area (Å²) in [5, 5.41) is 14.5. The lowest BCUT2D eigenvalue weighted by atomic mass is 10.0. The molecular weight excluding hydrogens is 306 g/mol. The first-order valence-electron chi connectivity index (χ1n) is 8.35. The number of aromatic amines is 1. The molecule has 1 aliphatic heterocycles. The molecule has 2 aromatic heterocycles. The molecule has 0 fully saturated rings. The number of H-pyrrole nitrogens is 1. The number of fused-ring (bicyclic) bond motifs is 1. The zero-order valence-electron chi connectivity index (χ0n) is 14.7. The van der Waals surface area contributed by atoms with Gasteiger partial charge in [-0.2, -0.15) is 10.2 Å². The van der Waals surface area contributed by atoms with E-state index in [1.165, 1.54) is 6.33 Å². The van der Waals surface area contributed by atoms with Crippen molar-refractivity contribution >= 4 is 5.91 Å². The van der Waals surface area contributed by atoms with Gasteiger partial charge in [0.05, 0.1) is 6.04 Å². The minimum absolute atomic E-state index is 0.156. The third-order valence-electron chi connectivity index (χ3n) is 4.41. The van der Waals surface area contributed by atoms with Crippen LogP contribution in [-0.4, -0.2) is 49.4 Å². The highest BCUT2D eigenvalue weighted by Gasteiger charge is 2.27. The monoisotopic (exact) mass is 331 g/mol. The number of nitrogens with zero attached hydrogens (tertiary/aromatic N) is 5. The van der Waals surface area contributed by atoms with E-state index < -0.39 is 0 Å². The van der Waals surface area contributed by atoms with Crippen molar-refractivity contribution in [2.24, 2.45) is 13.0 Å². The zero-order chi connectivity index (χ0) is 17.3. The highest BCUT2D eigenvalue weighted by Crippen LogP contribution is 2.22. The number of rotatable bonds is 5. The van der Waals surface area contributed by atoms with Gasteiger partial charge in [-0.25, -0.2) is 4.98 Å². The van der Waals surface area contributed by atoms with Gasteiger partial charge in [0.2, 0.25) is 0 Å². The summed E-state index contributed by atoms with van der Waals surface area (Å²) in [4.78, 5) is 19.3. The summed E-state index contributed by atoms with van der Waals surface area (Å²) in [5.74, 6) is 1.03. The maximum Gasteiger partial charge on any atom is 0.272 e. The molecule has 130 valence electrons. The van der Waals surface area contributed by atoms with E-state index in [0.717, 1.165) is 43.0 Å². The van der Waals surface area contributed by atoms with E-state index in [1.807, 2.05) is 7.05 Å². The molecule has 0 aromatic carbocycles. The van der Waals surface area contributed by atoms with Gasteiger partial charge >= 0.3 is 0 Å². The van der Waals surface area contributed by atoms with E-state index in [0.29, 0.717) is 11.6 Å². The van der Waals surface area contributed by atoms with Crippen molar-refractivity contribution in [3.63, 3.8) is 0 Å². The van der Waals surface area contributed by atoms with Crippen molar-refractivity contribution in [3.05, 3.63) is 29.1 Å². The predicted octanol–water partition coefficient (Wildman–Crippen LogP) is 1.04. The second-order valence-electron chi connectivity index (χ2n) is 6.91. The fourth-order valence-electron chi connectivity index (χ4n) is 3.17. The highest BCUT2D eigenvalue weighted by atomic mass is 16.2. The van der Waals surface area contributed by atoms with Gasteiger partial charge in [0.15, 0.2) is 5.69 Å². The number of hydrogen-bond acceptors (Lipinski definition) is 5. The molecule has 1 aliphatic rings. The van der Waals surface area contributed by atoms with E-state index in [4.69, 9.17) is 0 Å². The van der Waals surface area contributed by atoms with Crippen LogP contribution >= 0.6 is 0 Å². The molecular formula is C16H25N7O. The van der Waals surface area contributed by atoms with Crippen LogP contribution in [0.3, 0.4) is 0 Å². The molecule has 2 N–H and O–H groups in total. The summed E-state index contributed by atoms with van der Waals surface area (Å²) in [6.07, 6.45) is 3.20. The maximum atomic E-state index is 12.8. The number of amides is 1. The van der Waals surface area contributed by atoms with E-state index in [2.05, 4.69) is 51.4 Å². The van der Waals surface area contributed by atoms with Gasteiger partial charge in [0.1, 0.15) is 12.2 Å². The predicted molar refractivity (Wildman–Crippen MR) is 89.3 cm³/mol. The number of carbonyl (C=O) groups is 1. The first-order valence-corrected chi connectivity index (χ1v) is 8.35. The molecule has 0 bridgehead atoms. The third kappa shape index (κ3) is 3.33. The minimum atomic E-state index is -0.182. The van der Waals surface area contributed by atoms with Crippen LogP contribution < -0.4 is 5.32 Å². The van der Waals surface area contributed by atoms with E-state index in [-0.39, 0.29) is 11.9 Å². The van der Waals surface area contributed by atoms with Crippen LogP contribution in [0.5, 0.6) is 0 Å². The van der Waals surface area contributed by atoms with Crippen LogP contribution in [-0.2, 0) is 20.0 Å². The Bertz CT molecular complexity index is 718. The van der Waals surface area contributed by atoms with Crippen molar-refractivity contribution in [1.29, 1.82) is 0 Å². The number of likely N-dealkylation sites (N-methyl/N-ethyl adjacent to an activating group) is 1. The Labute approximate surface area is 141 Å². The molecule has 1 amide bonds. The van der Waals surface area contributed by atoms with Gasteiger partial charge in [0.25, 0.3) is 5.91 Å². The van der Waals surface area contributed by atoms with Crippen LogP contribution in [0.15, 0.2) is 6.33 Å². The molecule has 2 aromatic rings. The van der Waals surface area contributed by atoms with Crippen LogP contribution in [0.2, 0.25) is 0 Å². The lowest BCUT2D eigenvalue weighted by Crippen LogP contribution is -2.33. The fraction of sp³-hybridized carbons (Fsp3) is 0.625. The second kappa shape index (κ2) is 6.72. The average molecular weight is 331 g/mol. The third-order valence-corrected chi connectivity index (χ3v) is 4.41. The molecule has 8 nitrogen and oxygen atoms in total. The highest BCUT2D eigenvalue weighted by molar-refractivity contribution is 5.94. The number of aromatic nitrogens is 5. The summed E-state index contributed by atoms with van der Waals surface area (Å²) in [5.41, 5.74) is 2.56. The molecule has 3 rings (SSSR count). The average Bonchev–Trinajstić information content (AvgIpc) is 3.11. The standard InChI is InChI=1S/C16H25N7O/c1-10(2)7-13(15-17-9-18-23(15)4)19-16(24)14-11-8-22(3)6-5-12(11)20-21-14/h9-10,13H,5-8H2,1-4H3,(H,19,24)(H,20,21)/t13-/m0/s1. The number of aryl methyl sites for hydroxylation is 1. The summed E-state index contributed by atoms with van der Waals surface area (Å²) < 4.78 is 1.71. The molecule has 3 heterocycles. The first-order chi connectivity index (χ1) is 11.5. The topological polar surface area (TPSA) is 91.7 Å². The molecule has 8 heteroatoms. The van der Waals surface area contributed by atoms with Gasteiger partial charge in [-0.1, -0.05) is 13.8 Å². The number of hydrogen-bond donors (Lipinski definition) is 2. The van der Waals surface area contributed by atoms with Crippen LogP contribution in [0.1, 0.15) is 53.9 Å². The Morgan fingerprint density at radius 2 is 2.21 bits per heavy atom. The van der Waals surface area contributed by atoms with Crippen LogP contribution in [0.25, 0.3) is 0 Å². The molecule has 1 atom stereocenters. The van der Waals surface area contributed by atoms with Crippen molar-refractivity contribution in [1.82, 2.24) is 35.2 Å². The van der Waals surface area contributed by atoms with Crippen LogP contribution in [0, 0.1) is 5.92 Å². The van der Waals surface area contributed by atoms with Crippen molar-refractivity contribution in [3.8, 4) is 0 Å². The van der Waals surface area contributed by atoms with Gasteiger partial charge < -0.3 is 10.2 Å². The Hall–Kier alpha value is -2.22. The molecule has 24 heavy (non-hydrogen) atoms. The molecule has 0 saturated carbocycles. The Kier molecular flexibility index (Phi) is 4.66. The van der Waals surface area contributed by atoms with Gasteiger partial charge in [0, 0.05) is 37.8 Å². The molecule has 0 saturated heterocycles. The van der Waals surface area contributed by atoms with Crippen LogP contribution in [0.4, 0.5) is 0 Å². The Morgan fingerprint density at radius 1 is 1.42 bits per heavy atom. The summed E-state index contributed by atoms with van der Waals surface area (Å²) >= 11 is 0. The smallest absolute Gasteiger partial charge is 0.272 e. The van der Waals surface area contributed by atoms with E-state index >= 15 is 0 Å². The van der Waals surface area contributed by atoms with Gasteiger partial charge in [-0.05, 0) is 19.4 Å². The SMILES string of the molecule is CC(C)C[C@H](NC(=O)c1n[nH]c2c1CN(C)CC2)c1ncnn1C. The molecule has 0 radical (unpaired) electrons.